The van der Waals surface area contributed by atoms with Crippen molar-refractivity contribution < 1.29 is 4.39 Å². The molecule has 106 valence electrons. The lowest BCUT2D eigenvalue weighted by Gasteiger charge is -2.09. The summed E-state index contributed by atoms with van der Waals surface area (Å²) in [6, 6.07) is 14.1. The summed E-state index contributed by atoms with van der Waals surface area (Å²) >= 11 is 6.16. The summed E-state index contributed by atoms with van der Waals surface area (Å²) in [4.78, 5) is 0. The Kier molecular flexibility index (Phi) is 3.62. The number of hydrogen-bond acceptors (Lipinski definition) is 2. The number of halogens is 2. The summed E-state index contributed by atoms with van der Waals surface area (Å²) in [6.07, 6.45) is 1.62. The molecule has 3 aromatic rings. The van der Waals surface area contributed by atoms with Gasteiger partial charge in [0.25, 0.3) is 0 Å². The number of benzene rings is 2. The molecule has 0 saturated heterocycles. The summed E-state index contributed by atoms with van der Waals surface area (Å²) in [6.45, 7) is 0. The molecule has 1 aromatic heterocycles. The molecule has 0 aliphatic carbocycles. The molecule has 2 aromatic carbocycles. The summed E-state index contributed by atoms with van der Waals surface area (Å²) < 4.78 is 14.6. The fourth-order valence-corrected chi connectivity index (χ4v) is 2.45. The zero-order valence-corrected chi connectivity index (χ0v) is 12.1. The van der Waals surface area contributed by atoms with Crippen molar-refractivity contribution in [3.8, 4) is 11.3 Å². The fraction of sp³-hybridized carbons (Fsp3) is 0.0625. The largest absolute Gasteiger partial charge is 0.356 e. The van der Waals surface area contributed by atoms with Crippen molar-refractivity contribution >= 4 is 23.0 Å². The van der Waals surface area contributed by atoms with E-state index in [0.29, 0.717) is 5.02 Å². The van der Waals surface area contributed by atoms with Gasteiger partial charge < -0.3 is 5.32 Å². The van der Waals surface area contributed by atoms with Crippen molar-refractivity contribution in [1.29, 1.82) is 0 Å². The molecule has 0 radical (unpaired) electrons. The Balaban J connectivity index is 1.92. The fourth-order valence-electron chi connectivity index (χ4n) is 2.18. The van der Waals surface area contributed by atoms with Crippen LogP contribution in [0.5, 0.6) is 0 Å². The van der Waals surface area contributed by atoms with Crippen molar-refractivity contribution in [3.63, 3.8) is 0 Å². The lowest BCUT2D eigenvalue weighted by molar-refractivity contribution is 0.628. The second kappa shape index (κ2) is 5.58. The quantitative estimate of drug-likeness (QED) is 0.765. The van der Waals surface area contributed by atoms with Gasteiger partial charge in [-0.05, 0) is 36.4 Å². The monoisotopic (exact) mass is 301 g/mol. The van der Waals surface area contributed by atoms with Crippen molar-refractivity contribution in [2.75, 3.05) is 5.32 Å². The van der Waals surface area contributed by atoms with E-state index in [4.69, 9.17) is 11.6 Å². The molecule has 0 fully saturated rings. The Morgan fingerprint density at radius 1 is 1.10 bits per heavy atom. The summed E-state index contributed by atoms with van der Waals surface area (Å²) in [7, 11) is 1.85. The van der Waals surface area contributed by atoms with Gasteiger partial charge in [0, 0.05) is 24.0 Å². The lowest BCUT2D eigenvalue weighted by atomic mass is 10.1. The maximum absolute atomic E-state index is 12.9. The van der Waals surface area contributed by atoms with E-state index in [0.717, 1.165) is 22.6 Å². The van der Waals surface area contributed by atoms with Crippen LogP contribution in [0.2, 0.25) is 5.02 Å². The molecule has 0 saturated carbocycles. The van der Waals surface area contributed by atoms with Crippen LogP contribution in [-0.4, -0.2) is 9.78 Å². The number of aryl methyl sites for hydroxylation is 1. The highest BCUT2D eigenvalue weighted by atomic mass is 35.5. The molecular formula is C16H13ClFN3. The van der Waals surface area contributed by atoms with E-state index >= 15 is 0 Å². The third-order valence-electron chi connectivity index (χ3n) is 3.16. The second-order valence-corrected chi connectivity index (χ2v) is 5.08. The van der Waals surface area contributed by atoms with Gasteiger partial charge in [0.2, 0.25) is 0 Å². The number of nitrogens with one attached hydrogen (secondary N) is 1. The van der Waals surface area contributed by atoms with Gasteiger partial charge in [-0.1, -0.05) is 23.7 Å². The lowest BCUT2D eigenvalue weighted by Crippen LogP contribution is -1.95. The van der Waals surface area contributed by atoms with Crippen LogP contribution < -0.4 is 5.32 Å². The predicted octanol–water partition coefficient (Wildman–Crippen LogP) is 4.62. The molecule has 3 rings (SSSR count). The van der Waals surface area contributed by atoms with Crippen LogP contribution in [0.25, 0.3) is 11.3 Å². The predicted molar refractivity (Wildman–Crippen MR) is 83.3 cm³/mol. The molecule has 3 nitrogen and oxygen atoms in total. The number of hydrogen-bond donors (Lipinski definition) is 1. The molecule has 0 aliphatic rings. The maximum Gasteiger partial charge on any atom is 0.123 e. The van der Waals surface area contributed by atoms with Gasteiger partial charge in [0.1, 0.15) is 5.82 Å². The van der Waals surface area contributed by atoms with Crippen molar-refractivity contribution in [2.24, 2.45) is 7.05 Å². The molecular weight excluding hydrogens is 289 g/mol. The first kappa shape index (κ1) is 13.6. The smallest absolute Gasteiger partial charge is 0.123 e. The minimum Gasteiger partial charge on any atom is -0.356 e. The highest BCUT2D eigenvalue weighted by molar-refractivity contribution is 6.33. The third kappa shape index (κ3) is 2.90. The van der Waals surface area contributed by atoms with Gasteiger partial charge in [-0.2, -0.15) is 5.10 Å². The molecule has 0 bridgehead atoms. The first-order valence-electron chi connectivity index (χ1n) is 6.44. The molecule has 1 heterocycles. The Morgan fingerprint density at radius 2 is 1.86 bits per heavy atom. The van der Waals surface area contributed by atoms with Crippen molar-refractivity contribution in [2.45, 2.75) is 0 Å². The van der Waals surface area contributed by atoms with Crippen LogP contribution in [0.1, 0.15) is 0 Å². The standard InChI is InChI=1S/C16H13ClFN3/c1-21-16(15(17)10-19-21)11-3-2-4-14(9-11)20-13-7-5-12(18)6-8-13/h2-10,20H,1H3. The molecule has 0 unspecified atom stereocenters. The summed E-state index contributed by atoms with van der Waals surface area (Å²) in [5.74, 6) is -0.254. The molecule has 5 heteroatoms. The van der Waals surface area contributed by atoms with Crippen LogP contribution in [0.4, 0.5) is 15.8 Å². The highest BCUT2D eigenvalue weighted by Crippen LogP contribution is 2.29. The Bertz CT molecular complexity index is 746. The van der Waals surface area contributed by atoms with Crippen LogP contribution in [-0.2, 0) is 7.05 Å². The average molecular weight is 302 g/mol. The van der Waals surface area contributed by atoms with Crippen molar-refractivity contribution in [1.82, 2.24) is 9.78 Å². The first-order valence-corrected chi connectivity index (χ1v) is 6.82. The van der Waals surface area contributed by atoms with Gasteiger partial charge >= 0.3 is 0 Å². The summed E-state index contributed by atoms with van der Waals surface area (Å²) in [5.41, 5.74) is 3.55. The van der Waals surface area contributed by atoms with E-state index in [1.165, 1.54) is 12.1 Å². The average Bonchev–Trinajstić information content (AvgIpc) is 2.81. The van der Waals surface area contributed by atoms with Gasteiger partial charge in [0.15, 0.2) is 0 Å². The second-order valence-electron chi connectivity index (χ2n) is 4.68. The van der Waals surface area contributed by atoms with Crippen LogP contribution in [0.3, 0.4) is 0 Å². The van der Waals surface area contributed by atoms with Crippen molar-refractivity contribution in [3.05, 3.63) is 65.6 Å². The maximum atomic E-state index is 12.9. The van der Waals surface area contributed by atoms with Gasteiger partial charge in [0.05, 0.1) is 16.9 Å². The zero-order chi connectivity index (χ0) is 14.8. The summed E-state index contributed by atoms with van der Waals surface area (Å²) in [5, 5.41) is 7.98. The Hall–Kier alpha value is -2.33. The minimum absolute atomic E-state index is 0.254. The van der Waals surface area contributed by atoms with E-state index in [1.54, 1.807) is 23.0 Å². The van der Waals surface area contributed by atoms with E-state index in [-0.39, 0.29) is 5.82 Å². The number of anilines is 2. The Morgan fingerprint density at radius 3 is 2.52 bits per heavy atom. The van der Waals surface area contributed by atoms with Gasteiger partial charge in [-0.15, -0.1) is 0 Å². The molecule has 21 heavy (non-hydrogen) atoms. The molecule has 0 spiro atoms. The zero-order valence-electron chi connectivity index (χ0n) is 11.3. The highest BCUT2D eigenvalue weighted by Gasteiger charge is 2.09. The molecule has 1 N–H and O–H groups in total. The molecule has 0 atom stereocenters. The number of rotatable bonds is 3. The van der Waals surface area contributed by atoms with Crippen LogP contribution >= 0.6 is 11.6 Å². The SMILES string of the molecule is Cn1ncc(Cl)c1-c1cccc(Nc2ccc(F)cc2)c1. The normalized spacial score (nSPS) is 10.6. The first-order chi connectivity index (χ1) is 10.1. The Labute approximate surface area is 127 Å². The topological polar surface area (TPSA) is 29.9 Å². The third-order valence-corrected chi connectivity index (χ3v) is 3.44. The van der Waals surface area contributed by atoms with E-state index in [2.05, 4.69) is 10.4 Å². The van der Waals surface area contributed by atoms with Crippen LogP contribution in [0, 0.1) is 5.82 Å². The van der Waals surface area contributed by atoms with E-state index in [9.17, 15) is 4.39 Å². The van der Waals surface area contributed by atoms with Gasteiger partial charge in [-0.25, -0.2) is 4.39 Å². The number of aromatic nitrogens is 2. The van der Waals surface area contributed by atoms with E-state index < -0.39 is 0 Å². The molecule has 0 aliphatic heterocycles. The molecule has 0 amide bonds. The van der Waals surface area contributed by atoms with E-state index in [1.807, 2.05) is 31.3 Å². The van der Waals surface area contributed by atoms with Gasteiger partial charge in [-0.3, -0.25) is 4.68 Å². The number of nitrogens with zero attached hydrogens (tertiary/aromatic N) is 2. The minimum atomic E-state index is -0.254. The van der Waals surface area contributed by atoms with Crippen LogP contribution in [0.15, 0.2) is 54.7 Å².